The van der Waals surface area contributed by atoms with E-state index in [1.165, 1.54) is 10.5 Å². The number of benzene rings is 1. The fourth-order valence-electron chi connectivity index (χ4n) is 2.12. The number of hydrogen-bond acceptors (Lipinski definition) is 3. The van der Waals surface area contributed by atoms with E-state index in [0.29, 0.717) is 6.04 Å². The molecule has 0 aliphatic heterocycles. The van der Waals surface area contributed by atoms with Crippen LogP contribution in [-0.4, -0.2) is 17.3 Å². The van der Waals surface area contributed by atoms with Crippen molar-refractivity contribution < 1.29 is 0 Å². The quantitative estimate of drug-likeness (QED) is 0.776. The molecule has 1 heterocycles. The molecule has 0 aliphatic rings. The molecule has 1 aromatic heterocycles. The zero-order valence-corrected chi connectivity index (χ0v) is 13.0. The summed E-state index contributed by atoms with van der Waals surface area (Å²) in [6.07, 6.45) is 2.87. The van der Waals surface area contributed by atoms with Gasteiger partial charge >= 0.3 is 0 Å². The Morgan fingerprint density at radius 3 is 2.85 bits per heavy atom. The molecule has 1 N–H and O–H groups in total. The fraction of sp³-hybridized carbons (Fsp3) is 0.353. The van der Waals surface area contributed by atoms with Gasteiger partial charge in [-0.2, -0.15) is 0 Å². The van der Waals surface area contributed by atoms with Crippen molar-refractivity contribution in [1.82, 2.24) is 10.3 Å². The van der Waals surface area contributed by atoms with Gasteiger partial charge in [0.25, 0.3) is 0 Å². The Labute approximate surface area is 126 Å². The molecular weight excluding hydrogens is 264 g/mol. The van der Waals surface area contributed by atoms with Crippen LogP contribution in [0.3, 0.4) is 0 Å². The second-order valence-corrected chi connectivity index (χ2v) is 5.94. The van der Waals surface area contributed by atoms with Gasteiger partial charge < -0.3 is 5.32 Å². The van der Waals surface area contributed by atoms with Crippen LogP contribution in [0.5, 0.6) is 0 Å². The molecule has 2 nitrogen and oxygen atoms in total. The molecular formula is C17H22N2S. The van der Waals surface area contributed by atoms with Crippen LogP contribution in [0, 0.1) is 0 Å². The minimum Gasteiger partial charge on any atom is -0.310 e. The van der Waals surface area contributed by atoms with E-state index in [2.05, 4.69) is 54.5 Å². The van der Waals surface area contributed by atoms with Gasteiger partial charge in [-0.1, -0.05) is 25.1 Å². The highest BCUT2D eigenvalue weighted by atomic mass is 32.2. The molecule has 3 heteroatoms. The number of pyridine rings is 1. The summed E-state index contributed by atoms with van der Waals surface area (Å²) in [5.74, 6) is 1.07. The van der Waals surface area contributed by atoms with E-state index in [0.717, 1.165) is 24.4 Å². The van der Waals surface area contributed by atoms with E-state index in [9.17, 15) is 0 Å². The second-order valence-electron chi connectivity index (χ2n) is 4.77. The summed E-state index contributed by atoms with van der Waals surface area (Å²) < 4.78 is 0. The van der Waals surface area contributed by atoms with Crippen molar-refractivity contribution in [3.8, 4) is 0 Å². The Morgan fingerprint density at radius 1 is 1.20 bits per heavy atom. The van der Waals surface area contributed by atoms with E-state index < -0.39 is 0 Å². The third-order valence-electron chi connectivity index (χ3n) is 3.22. The van der Waals surface area contributed by atoms with Gasteiger partial charge in [-0.25, -0.2) is 0 Å². The number of thioether (sulfide) groups is 1. The Kier molecular flexibility index (Phi) is 6.09. The zero-order chi connectivity index (χ0) is 14.2. The number of rotatable bonds is 7. The molecule has 0 fully saturated rings. The zero-order valence-electron chi connectivity index (χ0n) is 12.2. The highest BCUT2D eigenvalue weighted by Crippen LogP contribution is 2.23. The van der Waals surface area contributed by atoms with Gasteiger partial charge in [0.2, 0.25) is 0 Å². The van der Waals surface area contributed by atoms with Crippen molar-refractivity contribution in [3.63, 3.8) is 0 Å². The average Bonchev–Trinajstić information content (AvgIpc) is 2.49. The first-order chi connectivity index (χ1) is 9.79. The first kappa shape index (κ1) is 15.1. The number of nitrogens with one attached hydrogen (secondary N) is 1. The number of aryl methyl sites for hydroxylation is 1. The van der Waals surface area contributed by atoms with Gasteiger partial charge in [0.15, 0.2) is 0 Å². The molecule has 1 aromatic carbocycles. The Balaban J connectivity index is 1.88. The fourth-order valence-corrected chi connectivity index (χ4v) is 3.06. The topological polar surface area (TPSA) is 24.9 Å². The third-order valence-corrected chi connectivity index (χ3v) is 4.22. The van der Waals surface area contributed by atoms with Gasteiger partial charge in [0.1, 0.15) is 0 Å². The van der Waals surface area contributed by atoms with E-state index in [1.54, 1.807) is 0 Å². The predicted octanol–water partition coefficient (Wildman–Crippen LogP) is 4.09. The summed E-state index contributed by atoms with van der Waals surface area (Å²) in [4.78, 5) is 5.69. The van der Waals surface area contributed by atoms with Crippen LogP contribution < -0.4 is 5.32 Å². The molecule has 2 rings (SSSR count). The molecule has 1 unspecified atom stereocenters. The van der Waals surface area contributed by atoms with Crippen molar-refractivity contribution >= 4 is 11.8 Å². The molecule has 0 amide bonds. The smallest absolute Gasteiger partial charge is 0.0411 e. The van der Waals surface area contributed by atoms with Crippen LogP contribution in [-0.2, 0) is 6.42 Å². The van der Waals surface area contributed by atoms with Crippen molar-refractivity contribution in [2.45, 2.75) is 31.2 Å². The summed E-state index contributed by atoms with van der Waals surface area (Å²) >= 11 is 1.90. The van der Waals surface area contributed by atoms with E-state index in [-0.39, 0.29) is 0 Å². The van der Waals surface area contributed by atoms with E-state index >= 15 is 0 Å². The lowest BCUT2D eigenvalue weighted by molar-refractivity contribution is 0.597. The monoisotopic (exact) mass is 286 g/mol. The van der Waals surface area contributed by atoms with Crippen LogP contribution >= 0.6 is 11.8 Å². The van der Waals surface area contributed by atoms with E-state index in [1.807, 2.05) is 30.1 Å². The summed E-state index contributed by atoms with van der Waals surface area (Å²) in [6, 6.07) is 15.3. The maximum atomic E-state index is 4.36. The highest BCUT2D eigenvalue weighted by Gasteiger charge is 2.04. The van der Waals surface area contributed by atoms with Gasteiger partial charge in [-0.15, -0.1) is 11.8 Å². The summed E-state index contributed by atoms with van der Waals surface area (Å²) in [6.45, 7) is 5.35. The van der Waals surface area contributed by atoms with E-state index in [4.69, 9.17) is 0 Å². The molecule has 0 radical (unpaired) electrons. The second kappa shape index (κ2) is 8.08. The van der Waals surface area contributed by atoms with Crippen molar-refractivity contribution in [2.75, 3.05) is 12.3 Å². The minimum absolute atomic E-state index is 0.413. The van der Waals surface area contributed by atoms with Crippen LogP contribution in [0.15, 0.2) is 53.6 Å². The maximum absolute atomic E-state index is 4.36. The number of aromatic nitrogens is 1. The largest absolute Gasteiger partial charge is 0.310 e. The molecule has 0 aliphatic carbocycles. The molecule has 2 aromatic rings. The highest BCUT2D eigenvalue weighted by molar-refractivity contribution is 7.99. The minimum atomic E-state index is 0.413. The van der Waals surface area contributed by atoms with Gasteiger partial charge in [-0.05, 0) is 49.7 Å². The van der Waals surface area contributed by atoms with Crippen LogP contribution in [0.4, 0.5) is 0 Å². The van der Waals surface area contributed by atoms with Crippen LogP contribution in [0.25, 0.3) is 0 Å². The molecule has 0 bridgehead atoms. The first-order valence-electron chi connectivity index (χ1n) is 7.15. The lowest BCUT2D eigenvalue weighted by Crippen LogP contribution is -2.17. The number of hydrogen-bond donors (Lipinski definition) is 1. The van der Waals surface area contributed by atoms with Gasteiger partial charge in [-0.3, -0.25) is 4.98 Å². The third kappa shape index (κ3) is 4.66. The van der Waals surface area contributed by atoms with Gasteiger partial charge in [0.05, 0.1) is 0 Å². The Morgan fingerprint density at radius 2 is 2.10 bits per heavy atom. The first-order valence-corrected chi connectivity index (χ1v) is 8.14. The van der Waals surface area contributed by atoms with Crippen molar-refractivity contribution in [3.05, 3.63) is 59.9 Å². The lowest BCUT2D eigenvalue weighted by atomic mass is 10.1. The maximum Gasteiger partial charge on any atom is 0.0411 e. The molecule has 20 heavy (non-hydrogen) atoms. The summed E-state index contributed by atoms with van der Waals surface area (Å²) in [7, 11) is 0. The molecule has 0 spiro atoms. The average molecular weight is 286 g/mol. The lowest BCUT2D eigenvalue weighted by Gasteiger charge is -2.13. The van der Waals surface area contributed by atoms with Crippen molar-refractivity contribution in [2.24, 2.45) is 0 Å². The molecule has 0 saturated heterocycles. The molecule has 0 saturated carbocycles. The SMILES string of the molecule is CCNC(C)c1cccc(SCCc2ccccn2)c1. The number of nitrogens with zero attached hydrogens (tertiary/aromatic N) is 1. The molecule has 106 valence electrons. The van der Waals surface area contributed by atoms with Crippen molar-refractivity contribution in [1.29, 1.82) is 0 Å². The van der Waals surface area contributed by atoms with Crippen LogP contribution in [0.2, 0.25) is 0 Å². The normalized spacial score (nSPS) is 12.3. The summed E-state index contributed by atoms with van der Waals surface area (Å²) in [5.41, 5.74) is 2.52. The van der Waals surface area contributed by atoms with Crippen LogP contribution in [0.1, 0.15) is 31.1 Å². The predicted molar refractivity (Wildman–Crippen MR) is 87.2 cm³/mol. The standard InChI is InChI=1S/C17H22N2S/c1-3-18-14(2)15-7-6-9-17(13-15)20-12-10-16-8-4-5-11-19-16/h4-9,11,13-14,18H,3,10,12H2,1-2H3. The molecule has 1 atom stereocenters. The summed E-state index contributed by atoms with van der Waals surface area (Å²) in [5, 5.41) is 3.45. The Hall–Kier alpha value is -1.32. The Bertz CT molecular complexity index is 513. The van der Waals surface area contributed by atoms with Gasteiger partial charge in [0, 0.05) is 28.6 Å².